The summed E-state index contributed by atoms with van der Waals surface area (Å²) in [6.07, 6.45) is 6.50. The van der Waals surface area contributed by atoms with Gasteiger partial charge in [-0.15, -0.1) is 24.9 Å². The zero-order valence-electron chi connectivity index (χ0n) is 22.8. The first-order chi connectivity index (χ1) is 18.2. The lowest BCUT2D eigenvalue weighted by Crippen LogP contribution is -2.55. The minimum atomic E-state index is -0.713. The Morgan fingerprint density at radius 1 is 1.21 bits per heavy atom. The maximum absolute atomic E-state index is 14.6. The normalized spacial score (nSPS) is 29.3. The van der Waals surface area contributed by atoms with E-state index in [0.717, 1.165) is 23.2 Å². The molecule has 7 nitrogen and oxygen atoms in total. The number of unbranched alkanes of at least 4 members (excludes halogenated alkanes) is 1. The molecular formula is C30H40N2O5S. The van der Waals surface area contributed by atoms with Crippen molar-refractivity contribution in [2.75, 3.05) is 31.2 Å². The number of hydrogen-bond donors (Lipinski definition) is 1. The van der Waals surface area contributed by atoms with Crippen LogP contribution in [0.5, 0.6) is 0 Å². The van der Waals surface area contributed by atoms with Gasteiger partial charge in [-0.1, -0.05) is 30.4 Å². The van der Waals surface area contributed by atoms with E-state index >= 15 is 0 Å². The van der Waals surface area contributed by atoms with Gasteiger partial charge in [-0.2, -0.15) is 0 Å². The van der Waals surface area contributed by atoms with Crippen LogP contribution in [0.15, 0.2) is 43.5 Å². The predicted octanol–water partition coefficient (Wildman–Crippen LogP) is 4.20. The molecular weight excluding hydrogens is 500 g/mol. The zero-order valence-corrected chi connectivity index (χ0v) is 23.6. The van der Waals surface area contributed by atoms with Gasteiger partial charge in [-0.25, -0.2) is 0 Å². The Bertz CT molecular complexity index is 1100. The van der Waals surface area contributed by atoms with Crippen molar-refractivity contribution in [3.8, 4) is 0 Å². The fourth-order valence-corrected chi connectivity index (χ4v) is 9.17. The Morgan fingerprint density at radius 3 is 2.55 bits per heavy atom. The van der Waals surface area contributed by atoms with E-state index in [2.05, 4.69) is 13.2 Å². The van der Waals surface area contributed by atoms with Gasteiger partial charge in [-0.05, 0) is 64.0 Å². The van der Waals surface area contributed by atoms with Crippen LogP contribution in [0, 0.1) is 25.7 Å². The molecule has 5 atom stereocenters. The van der Waals surface area contributed by atoms with Crippen molar-refractivity contribution in [1.29, 1.82) is 0 Å². The maximum Gasteiger partial charge on any atom is 0.311 e. The van der Waals surface area contributed by atoms with Crippen molar-refractivity contribution in [3.63, 3.8) is 0 Å². The van der Waals surface area contributed by atoms with Gasteiger partial charge in [0, 0.05) is 30.1 Å². The van der Waals surface area contributed by atoms with Crippen LogP contribution in [0.1, 0.15) is 50.2 Å². The monoisotopic (exact) mass is 540 g/mol. The molecule has 3 aliphatic heterocycles. The smallest absolute Gasteiger partial charge is 0.311 e. The molecule has 3 saturated heterocycles. The number of likely N-dealkylation sites (tertiary alicyclic amines) is 1. The topological polar surface area (TPSA) is 87.1 Å². The van der Waals surface area contributed by atoms with Crippen molar-refractivity contribution < 1.29 is 24.2 Å². The third-order valence-electron chi connectivity index (χ3n) is 8.43. The van der Waals surface area contributed by atoms with E-state index in [1.807, 2.05) is 39.0 Å². The number of aliphatic hydroxyl groups is 1. The highest BCUT2D eigenvalue weighted by atomic mass is 32.2. The number of nitrogens with zero attached hydrogens (tertiary/aromatic N) is 2. The van der Waals surface area contributed by atoms with E-state index in [0.29, 0.717) is 38.8 Å². The van der Waals surface area contributed by atoms with Gasteiger partial charge in [0.15, 0.2) is 0 Å². The molecule has 3 fully saturated rings. The first-order valence-electron chi connectivity index (χ1n) is 13.5. The van der Waals surface area contributed by atoms with E-state index in [4.69, 9.17) is 4.74 Å². The fourth-order valence-electron chi connectivity index (χ4n) is 6.83. The number of anilines is 1. The van der Waals surface area contributed by atoms with Gasteiger partial charge >= 0.3 is 5.97 Å². The molecule has 0 radical (unpaired) electrons. The number of fused-ring (bicyclic) bond motifs is 1. The van der Waals surface area contributed by atoms with E-state index in [1.165, 1.54) is 0 Å². The molecule has 1 aromatic rings. The molecule has 2 unspecified atom stereocenters. The van der Waals surface area contributed by atoms with Gasteiger partial charge in [0.05, 0.1) is 23.2 Å². The number of ether oxygens (including phenoxy) is 1. The highest BCUT2D eigenvalue weighted by Gasteiger charge is 2.77. The van der Waals surface area contributed by atoms with Crippen LogP contribution >= 0.6 is 11.8 Å². The fraction of sp³-hybridized carbons (Fsp3) is 0.567. The van der Waals surface area contributed by atoms with Crippen LogP contribution in [0.25, 0.3) is 0 Å². The number of aryl methyl sites for hydroxylation is 2. The number of thioether (sulfide) groups is 1. The average Bonchev–Trinajstić information content (AvgIpc) is 3.44. The summed E-state index contributed by atoms with van der Waals surface area (Å²) >= 11 is 1.64. The first kappa shape index (κ1) is 28.4. The molecule has 3 heterocycles. The van der Waals surface area contributed by atoms with Gasteiger partial charge in [0.25, 0.3) is 5.91 Å². The number of amides is 2. The molecule has 0 aliphatic carbocycles. The summed E-state index contributed by atoms with van der Waals surface area (Å²) in [5, 5.41) is 9.40. The minimum Gasteiger partial charge on any atom is -0.465 e. The number of carbonyl (C=O) groups excluding carboxylic acids is 3. The number of carbonyl (C=O) groups is 3. The molecule has 3 aliphatic rings. The van der Waals surface area contributed by atoms with Crippen LogP contribution in [0.2, 0.25) is 0 Å². The second kappa shape index (κ2) is 11.3. The number of esters is 1. The van der Waals surface area contributed by atoms with E-state index < -0.39 is 27.4 Å². The minimum absolute atomic E-state index is 0.0191. The molecule has 1 N–H and O–H groups in total. The SMILES string of the molecule is C=CCCOC(=O)[C@@H]1[C@H]2C(=O)N(CCCCO)C(C(=O)N(CC=C)c3c(C)cccc3C)C23CC[C@@]1(C)S3. The summed E-state index contributed by atoms with van der Waals surface area (Å²) in [4.78, 5) is 45.7. The summed E-state index contributed by atoms with van der Waals surface area (Å²) in [5.74, 6) is -1.87. The summed E-state index contributed by atoms with van der Waals surface area (Å²) < 4.78 is 4.44. The molecule has 1 spiro atoms. The van der Waals surface area contributed by atoms with Crippen LogP contribution in [-0.4, -0.2) is 69.6 Å². The average molecular weight is 541 g/mol. The lowest BCUT2D eigenvalue weighted by Gasteiger charge is -2.38. The summed E-state index contributed by atoms with van der Waals surface area (Å²) in [6.45, 7) is 14.5. The maximum atomic E-state index is 14.6. The Hall–Kier alpha value is -2.58. The third kappa shape index (κ3) is 4.60. The molecule has 1 aromatic carbocycles. The van der Waals surface area contributed by atoms with Crippen molar-refractivity contribution in [2.45, 2.75) is 68.4 Å². The lowest BCUT2D eigenvalue weighted by atomic mass is 9.66. The molecule has 38 heavy (non-hydrogen) atoms. The Kier molecular flexibility index (Phi) is 8.43. The number of benzene rings is 1. The Labute approximate surface area is 230 Å². The van der Waals surface area contributed by atoms with Crippen LogP contribution in [0.3, 0.4) is 0 Å². The van der Waals surface area contributed by atoms with Crippen molar-refractivity contribution in [2.24, 2.45) is 11.8 Å². The summed E-state index contributed by atoms with van der Waals surface area (Å²) in [5.41, 5.74) is 2.79. The predicted molar refractivity (Wildman–Crippen MR) is 151 cm³/mol. The second-order valence-corrected chi connectivity index (χ2v) is 12.8. The zero-order chi connectivity index (χ0) is 27.7. The van der Waals surface area contributed by atoms with Gasteiger partial charge in [0.2, 0.25) is 5.91 Å². The quantitative estimate of drug-likeness (QED) is 0.243. The Morgan fingerprint density at radius 2 is 1.92 bits per heavy atom. The van der Waals surface area contributed by atoms with E-state index in [1.54, 1.807) is 33.7 Å². The summed E-state index contributed by atoms with van der Waals surface area (Å²) in [6, 6.07) is 5.23. The highest BCUT2D eigenvalue weighted by Crippen LogP contribution is 2.71. The largest absolute Gasteiger partial charge is 0.465 e. The summed E-state index contributed by atoms with van der Waals surface area (Å²) in [7, 11) is 0. The van der Waals surface area contributed by atoms with E-state index in [-0.39, 0.29) is 31.0 Å². The van der Waals surface area contributed by atoms with E-state index in [9.17, 15) is 19.5 Å². The highest BCUT2D eigenvalue weighted by molar-refractivity contribution is 8.02. The van der Waals surface area contributed by atoms with Crippen LogP contribution < -0.4 is 4.90 Å². The molecule has 2 amide bonds. The number of para-hydroxylation sites is 1. The van der Waals surface area contributed by atoms with Crippen LogP contribution in [0.4, 0.5) is 5.69 Å². The van der Waals surface area contributed by atoms with Crippen molar-refractivity contribution >= 4 is 35.2 Å². The number of aliphatic hydroxyl groups excluding tert-OH is 1. The molecule has 4 rings (SSSR count). The van der Waals surface area contributed by atoms with Crippen molar-refractivity contribution in [1.82, 2.24) is 4.90 Å². The second-order valence-electron chi connectivity index (χ2n) is 10.9. The Balaban J connectivity index is 1.78. The molecule has 2 bridgehead atoms. The van der Waals surface area contributed by atoms with Gasteiger partial charge in [-0.3, -0.25) is 14.4 Å². The lowest BCUT2D eigenvalue weighted by molar-refractivity contribution is -0.155. The van der Waals surface area contributed by atoms with Crippen molar-refractivity contribution in [3.05, 3.63) is 54.6 Å². The standard InChI is InChI=1S/C30H40N2O5S/c1-6-8-19-37-28(36)23-22-26(34)32(17-9-10-18-33)25(30(22)15-14-29(23,5)38-30)27(35)31(16-7-2)24-20(3)12-11-13-21(24)4/h6-7,11-13,22-23,25,33H,1-2,8-10,14-19H2,3-5H3/t22-,23-,25?,29+,30?/m0/s1. The molecule has 0 saturated carbocycles. The van der Waals surface area contributed by atoms with Gasteiger partial charge in [0.1, 0.15) is 6.04 Å². The molecule has 206 valence electrons. The van der Waals surface area contributed by atoms with Crippen LogP contribution in [-0.2, 0) is 19.1 Å². The number of rotatable bonds is 12. The number of hydrogen-bond acceptors (Lipinski definition) is 6. The molecule has 8 heteroatoms. The van der Waals surface area contributed by atoms with Gasteiger partial charge < -0.3 is 19.6 Å². The first-order valence-corrected chi connectivity index (χ1v) is 14.4. The third-order valence-corrected chi connectivity index (χ3v) is 10.4. The molecule has 0 aromatic heterocycles.